The molecular weight excluding hydrogens is 307 g/mol. The summed E-state index contributed by atoms with van der Waals surface area (Å²) in [5.41, 5.74) is 3.16. The van der Waals surface area contributed by atoms with Crippen LogP contribution in [0.5, 0.6) is 5.75 Å². The Labute approximate surface area is 135 Å². The van der Waals surface area contributed by atoms with Gasteiger partial charge < -0.3 is 9.95 Å². The van der Waals surface area contributed by atoms with E-state index in [1.807, 2.05) is 72.8 Å². The topological polar surface area (TPSA) is 64.3 Å². The van der Waals surface area contributed by atoms with Crippen LogP contribution in [0.4, 0.5) is 5.69 Å². The minimum atomic E-state index is -3.28. The van der Waals surface area contributed by atoms with E-state index in [1.165, 1.54) is 0 Å². The number of hydrogen-bond donors (Lipinski definition) is 2. The van der Waals surface area contributed by atoms with E-state index in [9.17, 15) is 4.57 Å². The Morgan fingerprint density at radius 1 is 0.739 bits per heavy atom. The van der Waals surface area contributed by atoms with Gasteiger partial charge in [-0.15, -0.1) is 0 Å². The number of hydrazine groups is 1. The third-order valence-electron chi connectivity index (χ3n) is 3.46. The molecule has 0 atom stereocenters. The summed E-state index contributed by atoms with van der Waals surface area (Å²) in [6.45, 7) is 0. The van der Waals surface area contributed by atoms with Gasteiger partial charge in [-0.05, 0) is 36.4 Å². The van der Waals surface area contributed by atoms with Crippen molar-refractivity contribution in [3.63, 3.8) is 0 Å². The molecule has 0 saturated heterocycles. The van der Waals surface area contributed by atoms with Crippen molar-refractivity contribution in [3.05, 3.63) is 84.9 Å². The van der Waals surface area contributed by atoms with Gasteiger partial charge in [0.05, 0.1) is 16.3 Å². The van der Waals surface area contributed by atoms with Crippen LogP contribution in [0.25, 0.3) is 0 Å². The summed E-state index contributed by atoms with van der Waals surface area (Å²) in [6.07, 6.45) is 0. The summed E-state index contributed by atoms with van der Waals surface area (Å²) in [4.78, 5) is 0. The lowest BCUT2D eigenvalue weighted by Crippen LogP contribution is -2.20. The maximum atomic E-state index is 13.8. The maximum absolute atomic E-state index is 13.8. The third kappa shape index (κ3) is 3.14. The lowest BCUT2D eigenvalue weighted by molar-refractivity contribution is 0.503. The average Bonchev–Trinajstić information content (AvgIpc) is 2.63. The van der Waals surface area contributed by atoms with Crippen LogP contribution in [0.3, 0.4) is 0 Å². The molecule has 3 aromatic rings. The molecule has 0 unspecified atom stereocenters. The Balaban J connectivity index is 2.12. The highest BCUT2D eigenvalue weighted by atomic mass is 31.2. The van der Waals surface area contributed by atoms with Gasteiger partial charge in [0.25, 0.3) is 0 Å². The largest absolute Gasteiger partial charge is 0.435 e. The van der Waals surface area contributed by atoms with Gasteiger partial charge >= 0.3 is 7.37 Å². The molecule has 0 radical (unpaired) electrons. The van der Waals surface area contributed by atoms with Crippen LogP contribution in [-0.2, 0) is 4.57 Å². The summed E-state index contributed by atoms with van der Waals surface area (Å²) in [6, 6.07) is 25.6. The molecule has 3 rings (SSSR count). The van der Waals surface area contributed by atoms with Crippen molar-refractivity contribution < 1.29 is 9.09 Å². The normalized spacial score (nSPS) is 11.0. The number of anilines is 1. The Morgan fingerprint density at radius 2 is 1.22 bits per heavy atom. The molecule has 0 bridgehead atoms. The molecule has 0 aliphatic carbocycles. The molecule has 23 heavy (non-hydrogen) atoms. The first kappa shape index (κ1) is 15.3. The predicted molar refractivity (Wildman–Crippen MR) is 94.6 cm³/mol. The van der Waals surface area contributed by atoms with Gasteiger partial charge in [0.15, 0.2) is 5.75 Å². The van der Waals surface area contributed by atoms with Crippen molar-refractivity contribution in [3.8, 4) is 5.75 Å². The zero-order valence-corrected chi connectivity index (χ0v) is 13.3. The standard InChI is InChI=1S/C18H17N2O2P/c19-20-17-13-7-8-14-18(17)22-23(21,15-9-3-1-4-10-15)16-11-5-2-6-12-16/h1-14,20H,19H2. The highest BCUT2D eigenvalue weighted by Crippen LogP contribution is 2.46. The van der Waals surface area contributed by atoms with Gasteiger partial charge in [0.1, 0.15) is 0 Å². The lowest BCUT2D eigenvalue weighted by Gasteiger charge is -2.21. The van der Waals surface area contributed by atoms with Crippen molar-refractivity contribution in [1.82, 2.24) is 0 Å². The molecule has 116 valence electrons. The summed E-state index contributed by atoms with van der Waals surface area (Å²) in [7, 11) is -3.28. The Hall–Kier alpha value is -2.55. The molecule has 3 aromatic carbocycles. The Kier molecular flexibility index (Phi) is 4.47. The average molecular weight is 324 g/mol. The number of para-hydroxylation sites is 2. The third-order valence-corrected chi connectivity index (χ3v) is 5.87. The molecular formula is C18H17N2O2P. The van der Waals surface area contributed by atoms with Crippen molar-refractivity contribution in [1.29, 1.82) is 0 Å². The monoisotopic (exact) mass is 324 g/mol. The molecule has 3 N–H and O–H groups in total. The second-order valence-electron chi connectivity index (χ2n) is 4.95. The predicted octanol–water partition coefficient (Wildman–Crippen LogP) is 3.28. The van der Waals surface area contributed by atoms with Gasteiger partial charge in [-0.1, -0.05) is 48.5 Å². The van der Waals surface area contributed by atoms with E-state index >= 15 is 0 Å². The first-order chi connectivity index (χ1) is 11.2. The number of rotatable bonds is 5. The molecule has 0 heterocycles. The van der Waals surface area contributed by atoms with Crippen LogP contribution in [0.1, 0.15) is 0 Å². The molecule has 0 spiro atoms. The SMILES string of the molecule is NNc1ccccc1OP(=O)(c1ccccc1)c1ccccc1. The molecule has 0 fully saturated rings. The number of nitrogens with two attached hydrogens (primary N) is 1. The van der Waals surface area contributed by atoms with Crippen molar-refractivity contribution in [2.45, 2.75) is 0 Å². The van der Waals surface area contributed by atoms with E-state index in [0.29, 0.717) is 22.0 Å². The zero-order valence-electron chi connectivity index (χ0n) is 12.4. The van der Waals surface area contributed by atoms with Gasteiger partial charge in [-0.2, -0.15) is 0 Å². The van der Waals surface area contributed by atoms with Crippen LogP contribution >= 0.6 is 7.37 Å². The summed E-state index contributed by atoms with van der Waals surface area (Å²) < 4.78 is 19.8. The van der Waals surface area contributed by atoms with Crippen molar-refractivity contribution in [2.75, 3.05) is 5.43 Å². The molecule has 5 heteroatoms. The van der Waals surface area contributed by atoms with Crippen LogP contribution < -0.4 is 26.4 Å². The first-order valence-electron chi connectivity index (χ1n) is 7.20. The highest BCUT2D eigenvalue weighted by Gasteiger charge is 2.30. The molecule has 0 aliphatic heterocycles. The molecule has 0 aliphatic rings. The van der Waals surface area contributed by atoms with Crippen LogP contribution in [0.2, 0.25) is 0 Å². The van der Waals surface area contributed by atoms with E-state index in [1.54, 1.807) is 12.1 Å². The van der Waals surface area contributed by atoms with E-state index in [0.717, 1.165) is 0 Å². The minimum absolute atomic E-state index is 0.450. The number of benzene rings is 3. The molecule has 0 amide bonds. The van der Waals surface area contributed by atoms with Gasteiger partial charge in [0, 0.05) is 0 Å². The Morgan fingerprint density at radius 3 is 1.74 bits per heavy atom. The molecule has 4 nitrogen and oxygen atoms in total. The van der Waals surface area contributed by atoms with Crippen LogP contribution in [0, 0.1) is 0 Å². The first-order valence-corrected chi connectivity index (χ1v) is 8.83. The van der Waals surface area contributed by atoms with Gasteiger partial charge in [0.2, 0.25) is 0 Å². The second-order valence-corrected chi connectivity index (χ2v) is 7.27. The smallest absolute Gasteiger partial charge is 0.306 e. The minimum Gasteiger partial charge on any atom is -0.435 e. The summed E-state index contributed by atoms with van der Waals surface area (Å²) in [5, 5.41) is 1.27. The van der Waals surface area contributed by atoms with E-state index in [4.69, 9.17) is 10.4 Å². The van der Waals surface area contributed by atoms with Gasteiger partial charge in [-0.3, -0.25) is 10.4 Å². The van der Waals surface area contributed by atoms with E-state index < -0.39 is 7.37 Å². The summed E-state index contributed by atoms with van der Waals surface area (Å²) >= 11 is 0. The number of nitrogen functional groups attached to an aromatic ring is 1. The number of nitrogens with one attached hydrogen (secondary N) is 1. The highest BCUT2D eigenvalue weighted by molar-refractivity contribution is 7.74. The molecule has 0 saturated carbocycles. The maximum Gasteiger partial charge on any atom is 0.306 e. The van der Waals surface area contributed by atoms with Crippen molar-refractivity contribution >= 4 is 23.7 Å². The van der Waals surface area contributed by atoms with Crippen LogP contribution in [-0.4, -0.2) is 0 Å². The van der Waals surface area contributed by atoms with E-state index in [2.05, 4.69) is 5.43 Å². The van der Waals surface area contributed by atoms with Gasteiger partial charge in [-0.25, -0.2) is 0 Å². The zero-order chi connectivity index (χ0) is 16.1. The van der Waals surface area contributed by atoms with E-state index in [-0.39, 0.29) is 0 Å². The molecule has 0 aromatic heterocycles. The quantitative estimate of drug-likeness (QED) is 0.429. The fraction of sp³-hybridized carbons (Fsp3) is 0. The Bertz CT molecular complexity index is 779. The lowest BCUT2D eigenvalue weighted by atomic mass is 10.3. The fourth-order valence-electron chi connectivity index (χ4n) is 2.31. The number of hydrogen-bond acceptors (Lipinski definition) is 4. The van der Waals surface area contributed by atoms with Crippen LogP contribution in [0.15, 0.2) is 84.9 Å². The summed E-state index contributed by atoms with van der Waals surface area (Å²) in [5.74, 6) is 5.98. The fourth-order valence-corrected chi connectivity index (χ4v) is 4.38. The second kappa shape index (κ2) is 6.69. The van der Waals surface area contributed by atoms with Crippen molar-refractivity contribution in [2.24, 2.45) is 5.84 Å².